The second-order valence-corrected chi connectivity index (χ2v) is 12.4. The molecule has 0 saturated heterocycles. The van der Waals surface area contributed by atoms with Crippen LogP contribution in [0.2, 0.25) is 0 Å². The predicted octanol–water partition coefficient (Wildman–Crippen LogP) is 13.1. The number of nitrogens with zero attached hydrogens (tertiary/aromatic N) is 2. The quantitative estimate of drug-likeness (QED) is 0.0934. The monoisotopic (exact) mass is 573 g/mol. The van der Waals surface area contributed by atoms with Crippen molar-refractivity contribution in [3.8, 4) is 0 Å². The van der Waals surface area contributed by atoms with Crippen LogP contribution in [0.3, 0.4) is 0 Å². The van der Waals surface area contributed by atoms with Gasteiger partial charge in [0.1, 0.15) is 0 Å². The summed E-state index contributed by atoms with van der Waals surface area (Å²) in [4.78, 5) is 10.8. The highest BCUT2D eigenvalue weighted by Gasteiger charge is 2.13. The van der Waals surface area contributed by atoms with Crippen LogP contribution in [0.25, 0.3) is 0 Å². The second-order valence-electron chi connectivity index (χ2n) is 12.4. The smallest absolute Gasteiger partial charge is 0.0636 e. The Balaban J connectivity index is 2.52. The van der Waals surface area contributed by atoms with Crippen LogP contribution in [0, 0.1) is 0 Å². The average molecular weight is 573 g/mol. The molecule has 0 heterocycles. The first-order valence-corrected chi connectivity index (χ1v) is 18.0. The van der Waals surface area contributed by atoms with Gasteiger partial charge in [0.05, 0.1) is 22.8 Å². The summed E-state index contributed by atoms with van der Waals surface area (Å²) in [7, 11) is 0. The molecule has 0 N–H and O–H groups in total. The standard InChI is InChI=1S/C40H64N2/c1-7-13-15-17-18-20-26-40(42-38-30-28-34(22-10-4)36(32-38)24-12-6)39(25-19-16-14-8-2)41-37-29-27-33(21-9-3)35(31-37)23-11-5/h27-32H,7-26H2,1-6H3. The summed E-state index contributed by atoms with van der Waals surface area (Å²) >= 11 is 0. The number of hydrogen-bond acceptors (Lipinski definition) is 2. The van der Waals surface area contributed by atoms with Crippen LogP contribution in [0.15, 0.2) is 46.4 Å². The number of aryl methyl sites for hydroxylation is 4. The second kappa shape index (κ2) is 22.3. The molecule has 0 aromatic heterocycles. The van der Waals surface area contributed by atoms with Crippen molar-refractivity contribution in [1.29, 1.82) is 0 Å². The molecule has 0 spiro atoms. The summed E-state index contributed by atoms with van der Waals surface area (Å²) in [6.07, 6.45) is 24.2. The molecule has 2 heteroatoms. The largest absolute Gasteiger partial charge is 0.252 e. The molecule has 2 aromatic carbocycles. The lowest BCUT2D eigenvalue weighted by atomic mass is 9.97. The molecule has 0 atom stereocenters. The molecule has 0 fully saturated rings. The molecule has 234 valence electrons. The van der Waals surface area contributed by atoms with Gasteiger partial charge < -0.3 is 0 Å². The number of rotatable bonds is 23. The Hall–Kier alpha value is -2.22. The summed E-state index contributed by atoms with van der Waals surface area (Å²) < 4.78 is 0. The van der Waals surface area contributed by atoms with Crippen LogP contribution >= 0.6 is 0 Å². The van der Waals surface area contributed by atoms with Crippen molar-refractivity contribution in [2.75, 3.05) is 0 Å². The zero-order valence-corrected chi connectivity index (χ0v) is 28.5. The minimum Gasteiger partial charge on any atom is -0.252 e. The maximum absolute atomic E-state index is 5.42. The van der Waals surface area contributed by atoms with Crippen LogP contribution in [0.4, 0.5) is 11.4 Å². The summed E-state index contributed by atoms with van der Waals surface area (Å²) in [6.45, 7) is 13.7. The van der Waals surface area contributed by atoms with E-state index in [1.54, 1.807) is 0 Å². The lowest BCUT2D eigenvalue weighted by Gasteiger charge is -2.14. The van der Waals surface area contributed by atoms with E-state index in [9.17, 15) is 0 Å². The Labute approximate surface area is 260 Å². The van der Waals surface area contributed by atoms with Crippen LogP contribution in [0.5, 0.6) is 0 Å². The number of unbranched alkanes of at least 4 members (excludes halogenated alkanes) is 8. The molecular weight excluding hydrogens is 508 g/mol. The minimum absolute atomic E-state index is 1.02. The van der Waals surface area contributed by atoms with E-state index >= 15 is 0 Å². The first-order chi connectivity index (χ1) is 20.6. The lowest BCUT2D eigenvalue weighted by molar-refractivity contribution is 0.616. The maximum atomic E-state index is 5.42. The molecule has 0 bridgehead atoms. The van der Waals surface area contributed by atoms with Gasteiger partial charge in [-0.3, -0.25) is 9.98 Å². The Bertz CT molecular complexity index is 1060. The molecule has 0 amide bonds. The number of benzene rings is 2. The number of aliphatic imine (C=N–C) groups is 2. The van der Waals surface area contributed by atoms with Gasteiger partial charge in [-0.1, -0.05) is 131 Å². The molecule has 2 aromatic rings. The molecule has 0 aliphatic heterocycles. The van der Waals surface area contributed by atoms with E-state index in [1.165, 1.54) is 124 Å². The van der Waals surface area contributed by atoms with Crippen LogP contribution < -0.4 is 0 Å². The summed E-state index contributed by atoms with van der Waals surface area (Å²) in [5, 5.41) is 0. The van der Waals surface area contributed by atoms with Crippen molar-refractivity contribution in [2.24, 2.45) is 9.98 Å². The normalized spacial score (nSPS) is 12.3. The molecular formula is C40H64N2. The van der Waals surface area contributed by atoms with Crippen LogP contribution in [0.1, 0.15) is 167 Å². The van der Waals surface area contributed by atoms with E-state index in [0.717, 1.165) is 49.9 Å². The summed E-state index contributed by atoms with van der Waals surface area (Å²) in [5.41, 5.74) is 10.6. The minimum atomic E-state index is 1.02. The zero-order chi connectivity index (χ0) is 30.4. The first-order valence-electron chi connectivity index (χ1n) is 18.0. The van der Waals surface area contributed by atoms with Crippen LogP contribution in [-0.4, -0.2) is 11.4 Å². The van der Waals surface area contributed by atoms with Crippen molar-refractivity contribution in [3.63, 3.8) is 0 Å². The Kier molecular flexibility index (Phi) is 19.1. The fourth-order valence-electron chi connectivity index (χ4n) is 6.03. The topological polar surface area (TPSA) is 24.7 Å². The third-order valence-electron chi connectivity index (χ3n) is 8.35. The molecule has 0 radical (unpaired) electrons. The molecule has 0 saturated carbocycles. The SMILES string of the molecule is CCCCCCCCC(=Nc1ccc(CCC)c(CCC)c1)C(CCCCCC)=Nc1ccc(CCC)c(CCC)c1. The maximum Gasteiger partial charge on any atom is 0.0636 e. The van der Waals surface area contributed by atoms with Gasteiger partial charge in [0, 0.05) is 0 Å². The fraction of sp³-hybridized carbons (Fsp3) is 0.650. The van der Waals surface area contributed by atoms with Crippen molar-refractivity contribution < 1.29 is 0 Å². The lowest BCUT2D eigenvalue weighted by Crippen LogP contribution is -2.14. The Morgan fingerprint density at radius 2 is 0.762 bits per heavy atom. The van der Waals surface area contributed by atoms with Crippen molar-refractivity contribution in [1.82, 2.24) is 0 Å². The zero-order valence-electron chi connectivity index (χ0n) is 28.5. The third-order valence-corrected chi connectivity index (χ3v) is 8.35. The number of hydrogen-bond donors (Lipinski definition) is 0. The molecule has 2 nitrogen and oxygen atoms in total. The van der Waals surface area contributed by atoms with Gasteiger partial charge in [-0.05, 0) is 97.9 Å². The van der Waals surface area contributed by atoms with Gasteiger partial charge in [-0.25, -0.2) is 0 Å². The highest BCUT2D eigenvalue weighted by atomic mass is 14.8. The molecule has 2 rings (SSSR count). The molecule has 0 unspecified atom stereocenters. The van der Waals surface area contributed by atoms with E-state index < -0.39 is 0 Å². The van der Waals surface area contributed by atoms with Crippen LogP contribution in [-0.2, 0) is 25.7 Å². The highest BCUT2D eigenvalue weighted by Crippen LogP contribution is 2.26. The van der Waals surface area contributed by atoms with Crippen molar-refractivity contribution >= 4 is 22.8 Å². The third kappa shape index (κ3) is 13.4. The highest BCUT2D eigenvalue weighted by molar-refractivity contribution is 6.43. The van der Waals surface area contributed by atoms with E-state index in [4.69, 9.17) is 9.98 Å². The van der Waals surface area contributed by atoms with Gasteiger partial charge in [-0.15, -0.1) is 0 Å². The summed E-state index contributed by atoms with van der Waals surface area (Å²) in [5.74, 6) is 0. The van der Waals surface area contributed by atoms with Gasteiger partial charge in [0.15, 0.2) is 0 Å². The van der Waals surface area contributed by atoms with Gasteiger partial charge in [0.2, 0.25) is 0 Å². The fourth-order valence-corrected chi connectivity index (χ4v) is 6.03. The van der Waals surface area contributed by atoms with Gasteiger partial charge >= 0.3 is 0 Å². The van der Waals surface area contributed by atoms with Gasteiger partial charge in [-0.2, -0.15) is 0 Å². The Morgan fingerprint density at radius 1 is 0.405 bits per heavy atom. The van der Waals surface area contributed by atoms with Crippen molar-refractivity contribution in [2.45, 2.75) is 170 Å². The molecule has 42 heavy (non-hydrogen) atoms. The van der Waals surface area contributed by atoms with E-state index in [0.29, 0.717) is 0 Å². The predicted molar refractivity (Wildman–Crippen MR) is 190 cm³/mol. The Morgan fingerprint density at radius 3 is 1.17 bits per heavy atom. The first kappa shape index (κ1) is 36.0. The van der Waals surface area contributed by atoms with E-state index in [-0.39, 0.29) is 0 Å². The molecule has 0 aliphatic rings. The summed E-state index contributed by atoms with van der Waals surface area (Å²) in [6, 6.07) is 14.0. The van der Waals surface area contributed by atoms with E-state index in [2.05, 4.69) is 77.9 Å². The molecule has 0 aliphatic carbocycles. The van der Waals surface area contributed by atoms with E-state index in [1.807, 2.05) is 0 Å². The van der Waals surface area contributed by atoms with Gasteiger partial charge in [0.25, 0.3) is 0 Å². The van der Waals surface area contributed by atoms with Crippen molar-refractivity contribution in [3.05, 3.63) is 58.7 Å². The average Bonchev–Trinajstić information content (AvgIpc) is 2.99.